The van der Waals surface area contributed by atoms with Crippen LogP contribution in [0.5, 0.6) is 0 Å². The van der Waals surface area contributed by atoms with Gasteiger partial charge in [0.2, 0.25) is 0 Å². The van der Waals surface area contributed by atoms with E-state index in [0.717, 1.165) is 12.0 Å². The van der Waals surface area contributed by atoms with Crippen molar-refractivity contribution in [3.63, 3.8) is 0 Å². The third kappa shape index (κ3) is 3.69. The van der Waals surface area contributed by atoms with Crippen LogP contribution in [0.3, 0.4) is 0 Å². The van der Waals surface area contributed by atoms with E-state index in [-0.39, 0.29) is 5.92 Å². The molecule has 0 aliphatic rings. The van der Waals surface area contributed by atoms with Gasteiger partial charge in [0.15, 0.2) is 0 Å². The first kappa shape index (κ1) is 18.2. The molecule has 0 fully saturated rings. The molecular weight excluding hydrogens is 333 g/mol. The van der Waals surface area contributed by atoms with E-state index >= 15 is 0 Å². The number of pyridine rings is 1. The first-order valence-electron chi connectivity index (χ1n) is 7.67. The van der Waals surface area contributed by atoms with E-state index in [1.165, 1.54) is 0 Å². The Morgan fingerprint density at radius 1 is 1.26 bits per heavy atom. The molecule has 2 rings (SSSR count). The van der Waals surface area contributed by atoms with E-state index in [1.54, 1.807) is 43.6 Å². The summed E-state index contributed by atoms with van der Waals surface area (Å²) < 4.78 is 0. The molecule has 0 aliphatic carbocycles. The van der Waals surface area contributed by atoms with Crippen LogP contribution in [-0.4, -0.2) is 21.3 Å². The van der Waals surface area contributed by atoms with Gasteiger partial charge in [0.05, 0.1) is 6.10 Å². The van der Waals surface area contributed by atoms with Crippen LogP contribution in [0.15, 0.2) is 42.7 Å². The maximum atomic E-state index is 11.4. The van der Waals surface area contributed by atoms with E-state index in [4.69, 9.17) is 23.2 Å². The molecule has 0 amide bonds. The molecule has 3 unspecified atom stereocenters. The highest BCUT2D eigenvalue weighted by Gasteiger charge is 2.44. The van der Waals surface area contributed by atoms with Crippen molar-refractivity contribution in [2.75, 3.05) is 0 Å². The number of hydrogen-bond acceptors (Lipinski definition) is 3. The monoisotopic (exact) mass is 353 g/mol. The zero-order chi connectivity index (χ0) is 17.0. The minimum absolute atomic E-state index is 0.374. The number of nitrogens with zero attached hydrogens (tertiary/aromatic N) is 1. The quantitative estimate of drug-likeness (QED) is 0.801. The Bertz CT molecular complexity index is 649. The maximum Gasteiger partial charge on any atom is 0.123 e. The number of aromatic nitrogens is 1. The Hall–Kier alpha value is -1.13. The summed E-state index contributed by atoms with van der Waals surface area (Å²) in [4.78, 5) is 4.08. The minimum atomic E-state index is -1.48. The summed E-state index contributed by atoms with van der Waals surface area (Å²) in [5.74, 6) is -0.374. The fraction of sp³-hybridized carbons (Fsp3) is 0.389. The summed E-state index contributed by atoms with van der Waals surface area (Å²) in [6.45, 7) is 3.61. The number of rotatable bonds is 6. The number of aliphatic hydroxyl groups excluding tert-OH is 1. The second-order valence-electron chi connectivity index (χ2n) is 5.75. The van der Waals surface area contributed by atoms with Crippen molar-refractivity contribution < 1.29 is 10.2 Å². The molecule has 1 aromatic heterocycles. The summed E-state index contributed by atoms with van der Waals surface area (Å²) in [7, 11) is 0. The van der Waals surface area contributed by atoms with Crippen molar-refractivity contribution in [1.29, 1.82) is 0 Å². The first-order valence-corrected chi connectivity index (χ1v) is 8.42. The Morgan fingerprint density at radius 2 is 2.00 bits per heavy atom. The maximum absolute atomic E-state index is 11.4. The molecular formula is C18H21Cl2NO2. The number of hydrogen-bond donors (Lipinski definition) is 2. The summed E-state index contributed by atoms with van der Waals surface area (Å²) >= 11 is 12.4. The molecule has 2 aromatic rings. The largest absolute Gasteiger partial charge is 0.390 e. The molecule has 5 heteroatoms. The Kier molecular flexibility index (Phi) is 6.04. The molecule has 2 N–H and O–H groups in total. The average molecular weight is 354 g/mol. The lowest BCUT2D eigenvalue weighted by Crippen LogP contribution is -2.43. The van der Waals surface area contributed by atoms with Gasteiger partial charge < -0.3 is 10.2 Å². The van der Waals surface area contributed by atoms with Gasteiger partial charge >= 0.3 is 0 Å². The normalized spacial score (nSPS) is 16.6. The number of halogens is 2. The highest BCUT2D eigenvalue weighted by atomic mass is 35.5. The van der Waals surface area contributed by atoms with Gasteiger partial charge in [0.1, 0.15) is 5.60 Å². The fourth-order valence-electron chi connectivity index (χ4n) is 3.02. The van der Waals surface area contributed by atoms with E-state index in [1.807, 2.05) is 13.0 Å². The van der Waals surface area contributed by atoms with Crippen LogP contribution in [0.25, 0.3) is 0 Å². The third-order valence-electron chi connectivity index (χ3n) is 4.21. The van der Waals surface area contributed by atoms with Crippen molar-refractivity contribution in [3.05, 3.63) is 63.9 Å². The second-order valence-corrected chi connectivity index (χ2v) is 6.59. The van der Waals surface area contributed by atoms with Crippen molar-refractivity contribution >= 4 is 23.2 Å². The van der Waals surface area contributed by atoms with Crippen LogP contribution in [0.1, 0.15) is 43.7 Å². The number of benzene rings is 1. The van der Waals surface area contributed by atoms with Crippen molar-refractivity contribution in [2.45, 2.75) is 44.3 Å². The standard InChI is InChI=1S/C18H21Cl2NO2/c1-3-5-16(15-8-7-14(19)10-17(15)20)18(23,12(2)22)13-6-4-9-21-11-13/h4,6-12,16,22-23H,3,5H2,1-2H3. The summed E-state index contributed by atoms with van der Waals surface area (Å²) in [6.07, 6.45) is 3.72. The van der Waals surface area contributed by atoms with Crippen LogP contribution in [0.2, 0.25) is 10.0 Å². The highest BCUT2D eigenvalue weighted by molar-refractivity contribution is 6.35. The van der Waals surface area contributed by atoms with Crippen molar-refractivity contribution in [1.82, 2.24) is 4.98 Å². The molecule has 0 radical (unpaired) electrons. The first-order chi connectivity index (χ1) is 10.9. The van der Waals surface area contributed by atoms with E-state index in [0.29, 0.717) is 22.0 Å². The van der Waals surface area contributed by atoms with Crippen molar-refractivity contribution in [2.24, 2.45) is 0 Å². The van der Waals surface area contributed by atoms with Gasteiger partial charge in [-0.25, -0.2) is 0 Å². The SMILES string of the molecule is CCCC(c1ccc(Cl)cc1Cl)C(O)(c1cccnc1)C(C)O. The molecule has 3 atom stereocenters. The van der Waals surface area contributed by atoms with E-state index in [9.17, 15) is 10.2 Å². The summed E-state index contributed by atoms with van der Waals surface area (Å²) in [5.41, 5.74) is -0.147. The van der Waals surface area contributed by atoms with Crippen LogP contribution in [0, 0.1) is 0 Å². The molecule has 23 heavy (non-hydrogen) atoms. The molecule has 3 nitrogen and oxygen atoms in total. The second kappa shape index (κ2) is 7.63. The van der Waals surface area contributed by atoms with Gasteiger partial charge in [0, 0.05) is 33.9 Å². The highest BCUT2D eigenvalue weighted by Crippen LogP contribution is 2.45. The molecule has 0 bridgehead atoms. The van der Waals surface area contributed by atoms with E-state index in [2.05, 4.69) is 4.98 Å². The van der Waals surface area contributed by atoms with Crippen LogP contribution >= 0.6 is 23.2 Å². The van der Waals surface area contributed by atoms with Crippen LogP contribution < -0.4 is 0 Å². The van der Waals surface area contributed by atoms with Gasteiger partial charge in [-0.2, -0.15) is 0 Å². The zero-order valence-corrected chi connectivity index (χ0v) is 14.7. The van der Waals surface area contributed by atoms with Crippen molar-refractivity contribution in [3.8, 4) is 0 Å². The summed E-state index contributed by atoms with van der Waals surface area (Å²) in [6, 6.07) is 8.74. The minimum Gasteiger partial charge on any atom is -0.390 e. The van der Waals surface area contributed by atoms with Crippen LogP contribution in [0.4, 0.5) is 0 Å². The summed E-state index contributed by atoms with van der Waals surface area (Å²) in [5, 5.41) is 22.8. The fourth-order valence-corrected chi connectivity index (χ4v) is 3.56. The van der Waals surface area contributed by atoms with Gasteiger partial charge in [-0.3, -0.25) is 4.98 Å². The Morgan fingerprint density at radius 3 is 2.52 bits per heavy atom. The Balaban J connectivity index is 2.60. The van der Waals surface area contributed by atoms with Crippen LogP contribution in [-0.2, 0) is 5.60 Å². The van der Waals surface area contributed by atoms with E-state index < -0.39 is 11.7 Å². The molecule has 1 heterocycles. The van der Waals surface area contributed by atoms with Gasteiger partial charge in [-0.1, -0.05) is 48.7 Å². The lowest BCUT2D eigenvalue weighted by molar-refractivity contribution is -0.0935. The lowest BCUT2D eigenvalue weighted by atomic mass is 9.72. The van der Waals surface area contributed by atoms with Gasteiger partial charge in [0.25, 0.3) is 0 Å². The average Bonchev–Trinajstić information content (AvgIpc) is 2.53. The molecule has 0 spiro atoms. The molecule has 124 valence electrons. The third-order valence-corrected chi connectivity index (χ3v) is 4.77. The molecule has 1 aromatic carbocycles. The predicted octanol–water partition coefficient (Wildman–Crippen LogP) is 4.54. The van der Waals surface area contributed by atoms with Gasteiger partial charge in [-0.15, -0.1) is 0 Å². The lowest BCUT2D eigenvalue weighted by Gasteiger charge is -2.39. The predicted molar refractivity (Wildman–Crippen MR) is 93.9 cm³/mol. The molecule has 0 saturated carbocycles. The van der Waals surface area contributed by atoms with Gasteiger partial charge in [-0.05, 0) is 37.1 Å². The topological polar surface area (TPSA) is 53.4 Å². The smallest absolute Gasteiger partial charge is 0.123 e. The molecule has 0 aliphatic heterocycles. The molecule has 0 saturated heterocycles. The Labute approximate surface area is 146 Å². The number of aliphatic hydroxyl groups is 2. The zero-order valence-electron chi connectivity index (χ0n) is 13.2.